The third-order valence-corrected chi connectivity index (χ3v) is 4.67. The number of carbonyl (C=O) groups excluding carboxylic acids is 1. The van der Waals surface area contributed by atoms with Gasteiger partial charge < -0.3 is 15.1 Å². The summed E-state index contributed by atoms with van der Waals surface area (Å²) in [6.45, 7) is 6.75. The molecule has 2 atom stereocenters. The normalized spacial score (nSPS) is 30.1. The number of hydrogen-bond donors (Lipinski definition) is 1. The zero-order valence-electron chi connectivity index (χ0n) is 12.1. The van der Waals surface area contributed by atoms with Crippen molar-refractivity contribution in [2.24, 2.45) is 5.92 Å². The minimum absolute atomic E-state index is 0. The fraction of sp³-hybridized carbons (Fsp3) is 0.929. The van der Waals surface area contributed by atoms with E-state index in [1.165, 1.54) is 38.9 Å². The molecule has 0 aromatic carbocycles. The number of carbonyl (C=O) groups is 1. The summed E-state index contributed by atoms with van der Waals surface area (Å²) in [7, 11) is 0. The number of nitrogens with one attached hydrogen (secondary N) is 1. The predicted octanol–water partition coefficient (Wildman–Crippen LogP) is 1.53. The highest BCUT2D eigenvalue weighted by Gasteiger charge is 2.32. The van der Waals surface area contributed by atoms with E-state index >= 15 is 0 Å². The quantitative estimate of drug-likeness (QED) is 0.855. The van der Waals surface area contributed by atoms with E-state index < -0.39 is 0 Å². The van der Waals surface area contributed by atoms with Crippen molar-refractivity contribution in [2.45, 2.75) is 38.1 Å². The van der Waals surface area contributed by atoms with Gasteiger partial charge in [0.05, 0.1) is 6.04 Å². The van der Waals surface area contributed by atoms with E-state index in [2.05, 4.69) is 15.1 Å². The van der Waals surface area contributed by atoms with E-state index in [-0.39, 0.29) is 30.9 Å². The van der Waals surface area contributed by atoms with Crippen LogP contribution in [0.25, 0.3) is 0 Å². The molecule has 0 aromatic heterocycles. The second-order valence-electron chi connectivity index (χ2n) is 6.10. The van der Waals surface area contributed by atoms with Crippen LogP contribution in [0.4, 0.5) is 0 Å². The third kappa shape index (κ3) is 4.23. The second-order valence-corrected chi connectivity index (χ2v) is 6.10. The molecule has 4 nitrogen and oxygen atoms in total. The maximum atomic E-state index is 12.3. The van der Waals surface area contributed by atoms with Gasteiger partial charge in [-0.15, -0.1) is 24.8 Å². The highest BCUT2D eigenvalue weighted by Crippen LogP contribution is 2.21. The minimum atomic E-state index is 0. The van der Waals surface area contributed by atoms with Crippen LogP contribution in [0.15, 0.2) is 0 Å². The van der Waals surface area contributed by atoms with E-state index in [9.17, 15) is 4.79 Å². The van der Waals surface area contributed by atoms with Crippen LogP contribution in [0.1, 0.15) is 32.1 Å². The molecule has 1 amide bonds. The van der Waals surface area contributed by atoms with Gasteiger partial charge in [0.25, 0.3) is 0 Å². The Morgan fingerprint density at radius 2 is 1.80 bits per heavy atom. The van der Waals surface area contributed by atoms with Crippen molar-refractivity contribution < 1.29 is 4.79 Å². The lowest BCUT2D eigenvalue weighted by molar-refractivity contribution is -0.132. The maximum Gasteiger partial charge on any atom is 0.239 e. The maximum absolute atomic E-state index is 12.3. The number of likely N-dealkylation sites (tertiary alicyclic amines) is 2. The summed E-state index contributed by atoms with van der Waals surface area (Å²) in [4.78, 5) is 17.0. The predicted molar refractivity (Wildman–Crippen MR) is 85.9 cm³/mol. The topological polar surface area (TPSA) is 35.6 Å². The van der Waals surface area contributed by atoms with Crippen molar-refractivity contribution in [1.82, 2.24) is 15.1 Å². The van der Waals surface area contributed by atoms with Gasteiger partial charge in [-0.1, -0.05) is 0 Å². The Labute approximate surface area is 134 Å². The monoisotopic (exact) mass is 323 g/mol. The Kier molecular flexibility index (Phi) is 7.59. The van der Waals surface area contributed by atoms with Crippen molar-refractivity contribution in [2.75, 3.05) is 39.3 Å². The van der Waals surface area contributed by atoms with Gasteiger partial charge in [0.1, 0.15) is 0 Å². The molecule has 0 aliphatic carbocycles. The average Bonchev–Trinajstić information content (AvgIpc) is 3.11. The van der Waals surface area contributed by atoms with Gasteiger partial charge in [-0.05, 0) is 57.7 Å². The minimum Gasteiger partial charge on any atom is -0.341 e. The highest BCUT2D eigenvalue weighted by molar-refractivity contribution is 5.85. The number of rotatable bonds is 3. The molecule has 3 aliphatic rings. The highest BCUT2D eigenvalue weighted by atomic mass is 35.5. The van der Waals surface area contributed by atoms with Crippen LogP contribution in [0.3, 0.4) is 0 Å². The Morgan fingerprint density at radius 3 is 2.45 bits per heavy atom. The van der Waals surface area contributed by atoms with Gasteiger partial charge in [0, 0.05) is 19.6 Å². The molecule has 0 saturated carbocycles. The third-order valence-electron chi connectivity index (χ3n) is 4.67. The van der Waals surface area contributed by atoms with Crippen molar-refractivity contribution in [3.05, 3.63) is 0 Å². The Hall–Kier alpha value is -0.0300. The van der Waals surface area contributed by atoms with E-state index in [1.54, 1.807) is 0 Å². The first kappa shape index (κ1) is 18.0. The molecule has 3 saturated heterocycles. The molecule has 0 bridgehead atoms. The molecule has 3 heterocycles. The Balaban J connectivity index is 0.000001000. The summed E-state index contributed by atoms with van der Waals surface area (Å²) in [6.07, 6.45) is 6.12. The van der Waals surface area contributed by atoms with Crippen LogP contribution >= 0.6 is 24.8 Å². The molecule has 1 N–H and O–H groups in total. The standard InChI is InChI=1S/C14H25N3O.2ClH/c18-14(13-4-3-6-15-13)17-9-5-12(11-17)10-16-7-1-2-8-16;;/h12-13,15H,1-11H2;2*1H/t12?,13-;;/m0../s1. The first-order valence-corrected chi connectivity index (χ1v) is 7.57. The van der Waals surface area contributed by atoms with Crippen LogP contribution in [0, 0.1) is 5.92 Å². The fourth-order valence-electron chi connectivity index (χ4n) is 3.63. The van der Waals surface area contributed by atoms with Gasteiger partial charge in [0.2, 0.25) is 5.91 Å². The fourth-order valence-corrected chi connectivity index (χ4v) is 3.63. The molecule has 6 heteroatoms. The number of halogens is 2. The number of nitrogens with zero attached hydrogens (tertiary/aromatic N) is 2. The number of amides is 1. The second kappa shape index (κ2) is 8.42. The Morgan fingerprint density at radius 1 is 1.05 bits per heavy atom. The molecule has 0 radical (unpaired) electrons. The summed E-state index contributed by atoms with van der Waals surface area (Å²) in [6, 6.07) is 0.121. The van der Waals surface area contributed by atoms with E-state index in [0.29, 0.717) is 11.8 Å². The van der Waals surface area contributed by atoms with Gasteiger partial charge in [0.15, 0.2) is 0 Å². The summed E-state index contributed by atoms with van der Waals surface area (Å²) >= 11 is 0. The van der Waals surface area contributed by atoms with Crippen molar-refractivity contribution in [3.8, 4) is 0 Å². The lowest BCUT2D eigenvalue weighted by atomic mass is 10.1. The Bertz CT molecular complexity index is 305. The molecular weight excluding hydrogens is 297 g/mol. The largest absolute Gasteiger partial charge is 0.341 e. The van der Waals surface area contributed by atoms with E-state index in [4.69, 9.17) is 0 Å². The zero-order chi connectivity index (χ0) is 12.4. The average molecular weight is 324 g/mol. The molecule has 20 heavy (non-hydrogen) atoms. The van der Waals surface area contributed by atoms with Crippen LogP contribution < -0.4 is 5.32 Å². The van der Waals surface area contributed by atoms with Crippen molar-refractivity contribution >= 4 is 30.7 Å². The lowest BCUT2D eigenvalue weighted by Crippen LogP contribution is -2.42. The summed E-state index contributed by atoms with van der Waals surface area (Å²) in [5, 5.41) is 3.32. The van der Waals surface area contributed by atoms with Gasteiger partial charge in [-0.3, -0.25) is 4.79 Å². The van der Waals surface area contributed by atoms with Crippen molar-refractivity contribution in [3.63, 3.8) is 0 Å². The first-order chi connectivity index (χ1) is 8.83. The molecule has 0 aromatic rings. The summed E-state index contributed by atoms with van der Waals surface area (Å²) < 4.78 is 0. The van der Waals surface area contributed by atoms with Crippen molar-refractivity contribution in [1.29, 1.82) is 0 Å². The van der Waals surface area contributed by atoms with Crippen LogP contribution in [0.5, 0.6) is 0 Å². The molecular formula is C14H27Cl2N3O. The molecule has 118 valence electrons. The first-order valence-electron chi connectivity index (χ1n) is 7.57. The van der Waals surface area contributed by atoms with Gasteiger partial charge >= 0.3 is 0 Å². The summed E-state index contributed by atoms with van der Waals surface area (Å²) in [5.41, 5.74) is 0. The van der Waals surface area contributed by atoms with Crippen LogP contribution in [-0.4, -0.2) is 61.0 Å². The molecule has 3 aliphatic heterocycles. The number of hydrogen-bond acceptors (Lipinski definition) is 3. The SMILES string of the molecule is Cl.Cl.O=C([C@@H]1CCCN1)N1CCC(CN2CCCC2)C1. The zero-order valence-corrected chi connectivity index (χ0v) is 13.7. The van der Waals surface area contributed by atoms with Crippen LogP contribution in [-0.2, 0) is 4.79 Å². The smallest absolute Gasteiger partial charge is 0.239 e. The molecule has 0 spiro atoms. The van der Waals surface area contributed by atoms with E-state index in [0.717, 1.165) is 32.5 Å². The van der Waals surface area contributed by atoms with Gasteiger partial charge in [-0.25, -0.2) is 0 Å². The molecule has 1 unspecified atom stereocenters. The van der Waals surface area contributed by atoms with Crippen LogP contribution in [0.2, 0.25) is 0 Å². The molecule has 3 fully saturated rings. The van der Waals surface area contributed by atoms with Gasteiger partial charge in [-0.2, -0.15) is 0 Å². The molecule has 3 rings (SSSR count). The lowest BCUT2D eigenvalue weighted by Gasteiger charge is -2.22. The van der Waals surface area contributed by atoms with E-state index in [1.807, 2.05) is 0 Å². The summed E-state index contributed by atoms with van der Waals surface area (Å²) in [5.74, 6) is 1.07.